The summed E-state index contributed by atoms with van der Waals surface area (Å²) in [4.78, 5) is 2.57. The Morgan fingerprint density at radius 2 is 2.11 bits per heavy atom. The van der Waals surface area contributed by atoms with E-state index in [9.17, 15) is 0 Å². The van der Waals surface area contributed by atoms with E-state index in [1.54, 1.807) is 11.3 Å². The predicted molar refractivity (Wildman–Crippen MR) is 81.4 cm³/mol. The maximum atomic E-state index is 3.67. The summed E-state index contributed by atoms with van der Waals surface area (Å²) < 4.78 is 0. The number of hydrogen-bond acceptors (Lipinski definition) is 3. The average molecular weight is 272 g/mol. The Morgan fingerprint density at radius 1 is 1.21 bits per heavy atom. The number of benzene rings is 1. The molecule has 0 saturated carbocycles. The van der Waals surface area contributed by atoms with Gasteiger partial charge in [-0.15, -0.1) is 0 Å². The molecule has 2 aromatic rings. The molecule has 1 aromatic heterocycles. The molecular formula is C16H20N2S. The highest BCUT2D eigenvalue weighted by Gasteiger charge is 2.18. The Morgan fingerprint density at radius 3 is 2.89 bits per heavy atom. The fourth-order valence-electron chi connectivity index (χ4n) is 2.69. The van der Waals surface area contributed by atoms with Crippen LogP contribution in [-0.4, -0.2) is 24.5 Å². The van der Waals surface area contributed by atoms with Gasteiger partial charge in [0.25, 0.3) is 0 Å². The zero-order chi connectivity index (χ0) is 12.9. The lowest BCUT2D eigenvalue weighted by molar-refractivity contribution is 0.261. The van der Waals surface area contributed by atoms with Crippen LogP contribution in [0.4, 0.5) is 0 Å². The van der Waals surface area contributed by atoms with Crippen molar-refractivity contribution in [3.63, 3.8) is 0 Å². The van der Waals surface area contributed by atoms with Gasteiger partial charge in [-0.3, -0.25) is 4.90 Å². The molecule has 1 aliphatic rings. The van der Waals surface area contributed by atoms with E-state index >= 15 is 0 Å². The maximum absolute atomic E-state index is 3.67. The molecule has 0 spiro atoms. The van der Waals surface area contributed by atoms with Crippen LogP contribution in [0.1, 0.15) is 23.6 Å². The van der Waals surface area contributed by atoms with Crippen molar-refractivity contribution in [3.05, 3.63) is 58.3 Å². The van der Waals surface area contributed by atoms with Crippen LogP contribution in [0, 0.1) is 0 Å². The van der Waals surface area contributed by atoms with Crippen LogP contribution in [0.15, 0.2) is 47.2 Å². The molecule has 1 aromatic carbocycles. The molecule has 1 N–H and O–H groups in total. The molecule has 2 heterocycles. The first-order valence-corrected chi connectivity index (χ1v) is 7.88. The number of rotatable bonds is 3. The van der Waals surface area contributed by atoms with Gasteiger partial charge in [0.2, 0.25) is 0 Å². The minimum Gasteiger partial charge on any atom is -0.309 e. The number of nitrogens with one attached hydrogen (secondary N) is 1. The van der Waals surface area contributed by atoms with Crippen LogP contribution in [-0.2, 0) is 6.54 Å². The van der Waals surface area contributed by atoms with Crippen molar-refractivity contribution in [2.75, 3.05) is 19.6 Å². The summed E-state index contributed by atoms with van der Waals surface area (Å²) in [6.07, 6.45) is 1.23. The van der Waals surface area contributed by atoms with Crippen LogP contribution in [0.25, 0.3) is 0 Å². The third-order valence-corrected chi connectivity index (χ3v) is 4.40. The Labute approximate surface area is 119 Å². The lowest BCUT2D eigenvalue weighted by Crippen LogP contribution is -2.30. The Hall–Kier alpha value is -1.16. The topological polar surface area (TPSA) is 15.3 Å². The first kappa shape index (κ1) is 12.9. The van der Waals surface area contributed by atoms with Crippen molar-refractivity contribution in [2.45, 2.75) is 19.0 Å². The summed E-state index contributed by atoms with van der Waals surface area (Å²) in [5.41, 5.74) is 2.85. The quantitative estimate of drug-likeness (QED) is 0.922. The molecule has 3 rings (SSSR count). The standard InChI is InChI=1S/C16H20N2S/c1-2-5-15(6-3-1)16-12-18(9-4-8-17-16)11-14-7-10-19-13-14/h1-3,5-7,10,13,16-17H,4,8-9,11-12H2. The Kier molecular flexibility index (Phi) is 4.28. The van der Waals surface area contributed by atoms with Crippen LogP contribution >= 0.6 is 11.3 Å². The first-order valence-electron chi connectivity index (χ1n) is 6.93. The zero-order valence-corrected chi connectivity index (χ0v) is 11.9. The Bertz CT molecular complexity index is 481. The summed E-state index contributed by atoms with van der Waals surface area (Å²) in [6, 6.07) is 13.5. The molecule has 0 bridgehead atoms. The van der Waals surface area contributed by atoms with Crippen LogP contribution in [0.3, 0.4) is 0 Å². The summed E-state index contributed by atoms with van der Waals surface area (Å²) in [5, 5.41) is 8.09. The van der Waals surface area contributed by atoms with E-state index in [0.717, 1.165) is 19.6 Å². The minimum absolute atomic E-state index is 0.460. The van der Waals surface area contributed by atoms with Gasteiger partial charge >= 0.3 is 0 Å². The second-order valence-corrected chi connectivity index (χ2v) is 5.92. The fraction of sp³-hybridized carbons (Fsp3) is 0.375. The smallest absolute Gasteiger partial charge is 0.0449 e. The molecule has 0 radical (unpaired) electrons. The normalized spacial score (nSPS) is 21.2. The number of nitrogens with zero attached hydrogens (tertiary/aromatic N) is 1. The molecule has 19 heavy (non-hydrogen) atoms. The SMILES string of the molecule is c1ccc(C2CN(Cc3ccsc3)CCCN2)cc1. The van der Waals surface area contributed by atoms with Gasteiger partial charge in [-0.2, -0.15) is 11.3 Å². The van der Waals surface area contributed by atoms with Gasteiger partial charge in [0.05, 0.1) is 0 Å². The van der Waals surface area contributed by atoms with Gasteiger partial charge in [-0.05, 0) is 47.5 Å². The average Bonchev–Trinajstić information content (AvgIpc) is 2.84. The van der Waals surface area contributed by atoms with Gasteiger partial charge in [-0.25, -0.2) is 0 Å². The van der Waals surface area contributed by atoms with Gasteiger partial charge in [-0.1, -0.05) is 30.3 Å². The van der Waals surface area contributed by atoms with E-state index in [-0.39, 0.29) is 0 Å². The van der Waals surface area contributed by atoms with E-state index in [1.807, 2.05) is 0 Å². The largest absolute Gasteiger partial charge is 0.309 e. The molecule has 1 atom stereocenters. The Balaban J connectivity index is 1.69. The van der Waals surface area contributed by atoms with Crippen molar-refractivity contribution >= 4 is 11.3 Å². The van der Waals surface area contributed by atoms with E-state index in [1.165, 1.54) is 24.1 Å². The summed E-state index contributed by atoms with van der Waals surface area (Å²) in [6.45, 7) is 4.47. The van der Waals surface area contributed by atoms with Crippen molar-refractivity contribution in [1.29, 1.82) is 0 Å². The maximum Gasteiger partial charge on any atom is 0.0449 e. The van der Waals surface area contributed by atoms with Gasteiger partial charge < -0.3 is 5.32 Å². The van der Waals surface area contributed by atoms with E-state index in [0.29, 0.717) is 6.04 Å². The molecule has 2 nitrogen and oxygen atoms in total. The van der Waals surface area contributed by atoms with Crippen LogP contribution in [0.5, 0.6) is 0 Å². The van der Waals surface area contributed by atoms with Crippen LogP contribution < -0.4 is 5.32 Å². The minimum atomic E-state index is 0.460. The number of hydrogen-bond donors (Lipinski definition) is 1. The third kappa shape index (κ3) is 3.44. The van der Waals surface area contributed by atoms with E-state index < -0.39 is 0 Å². The summed E-state index contributed by atoms with van der Waals surface area (Å²) >= 11 is 1.79. The van der Waals surface area contributed by atoms with Gasteiger partial charge in [0.15, 0.2) is 0 Å². The van der Waals surface area contributed by atoms with Crippen molar-refractivity contribution in [3.8, 4) is 0 Å². The van der Waals surface area contributed by atoms with E-state index in [4.69, 9.17) is 0 Å². The molecule has 1 aliphatic heterocycles. The van der Waals surface area contributed by atoms with E-state index in [2.05, 4.69) is 57.4 Å². The van der Waals surface area contributed by atoms with Crippen molar-refractivity contribution in [1.82, 2.24) is 10.2 Å². The second kappa shape index (κ2) is 6.33. The highest BCUT2D eigenvalue weighted by Crippen LogP contribution is 2.19. The molecule has 0 amide bonds. The van der Waals surface area contributed by atoms with Gasteiger partial charge in [0.1, 0.15) is 0 Å². The second-order valence-electron chi connectivity index (χ2n) is 5.14. The third-order valence-electron chi connectivity index (χ3n) is 3.67. The van der Waals surface area contributed by atoms with Gasteiger partial charge in [0, 0.05) is 19.1 Å². The first-order chi connectivity index (χ1) is 9.42. The monoisotopic (exact) mass is 272 g/mol. The molecule has 1 unspecified atom stereocenters. The zero-order valence-electron chi connectivity index (χ0n) is 11.1. The number of thiophene rings is 1. The molecule has 3 heteroatoms. The van der Waals surface area contributed by atoms with Crippen molar-refractivity contribution < 1.29 is 0 Å². The summed E-state index contributed by atoms with van der Waals surface area (Å²) in [5.74, 6) is 0. The molecule has 1 fully saturated rings. The molecule has 0 aliphatic carbocycles. The molecule has 1 saturated heterocycles. The fourth-order valence-corrected chi connectivity index (χ4v) is 3.35. The molecular weight excluding hydrogens is 252 g/mol. The van der Waals surface area contributed by atoms with Crippen molar-refractivity contribution in [2.24, 2.45) is 0 Å². The predicted octanol–water partition coefficient (Wildman–Crippen LogP) is 3.28. The highest BCUT2D eigenvalue weighted by atomic mass is 32.1. The van der Waals surface area contributed by atoms with Crippen LogP contribution in [0.2, 0.25) is 0 Å². The molecule has 100 valence electrons. The lowest BCUT2D eigenvalue weighted by Gasteiger charge is -2.24. The lowest BCUT2D eigenvalue weighted by atomic mass is 10.1. The highest BCUT2D eigenvalue weighted by molar-refractivity contribution is 7.07. The summed E-state index contributed by atoms with van der Waals surface area (Å²) in [7, 11) is 0.